The maximum atomic E-state index is 13.1. The van der Waals surface area contributed by atoms with E-state index < -0.39 is 23.7 Å². The van der Waals surface area contributed by atoms with Gasteiger partial charge >= 0.3 is 5.97 Å². The molecule has 34 heavy (non-hydrogen) atoms. The Labute approximate surface area is 202 Å². The van der Waals surface area contributed by atoms with Crippen molar-refractivity contribution in [3.63, 3.8) is 0 Å². The predicted octanol–water partition coefficient (Wildman–Crippen LogP) is 5.59. The number of rotatable bonds is 8. The maximum Gasteiger partial charge on any atom is 0.339 e. The van der Waals surface area contributed by atoms with E-state index in [2.05, 4.69) is 5.32 Å². The second kappa shape index (κ2) is 12.0. The molecule has 0 aliphatic heterocycles. The van der Waals surface area contributed by atoms with Gasteiger partial charge in [-0.15, -0.1) is 0 Å². The molecular weight excluding hydrogens is 462 g/mol. The van der Waals surface area contributed by atoms with Gasteiger partial charge in [-0.3, -0.25) is 9.59 Å². The summed E-state index contributed by atoms with van der Waals surface area (Å²) < 4.78 is 30.2. The van der Waals surface area contributed by atoms with Crippen LogP contribution >= 0.6 is 11.8 Å². The first-order valence-electron chi connectivity index (χ1n) is 11.2. The molecule has 0 aromatic heterocycles. The van der Waals surface area contributed by atoms with E-state index in [0.29, 0.717) is 22.3 Å². The zero-order chi connectivity index (χ0) is 24.7. The van der Waals surface area contributed by atoms with Crippen LogP contribution in [0.2, 0.25) is 0 Å². The van der Waals surface area contributed by atoms with Crippen LogP contribution in [0.25, 0.3) is 0 Å². The molecule has 1 aliphatic rings. The van der Waals surface area contributed by atoms with Gasteiger partial charge in [0.05, 0.1) is 11.1 Å². The summed E-state index contributed by atoms with van der Waals surface area (Å²) in [5.74, 6) is -4.13. The summed E-state index contributed by atoms with van der Waals surface area (Å²) in [7, 11) is 1.75. The highest BCUT2D eigenvalue weighted by Crippen LogP contribution is 2.26. The van der Waals surface area contributed by atoms with Crippen molar-refractivity contribution in [2.45, 2.75) is 61.8 Å². The monoisotopic (exact) mass is 490 g/mol. The van der Waals surface area contributed by atoms with Crippen LogP contribution in [0.3, 0.4) is 0 Å². The number of benzene rings is 2. The molecule has 0 bridgehead atoms. The predicted molar refractivity (Wildman–Crippen MR) is 127 cm³/mol. The molecule has 0 radical (unpaired) electrons. The maximum absolute atomic E-state index is 13.1. The number of halogens is 2. The normalized spacial score (nSPS) is 15.0. The number of anilines is 1. The summed E-state index contributed by atoms with van der Waals surface area (Å²) >= 11 is 0.406. The summed E-state index contributed by atoms with van der Waals surface area (Å²) in [4.78, 5) is 40.5. The highest BCUT2D eigenvalue weighted by atomic mass is 32.2. The summed E-state index contributed by atoms with van der Waals surface area (Å²) in [6.45, 7) is 1.42. The Morgan fingerprint density at radius 3 is 2.24 bits per heavy atom. The lowest BCUT2D eigenvalue weighted by molar-refractivity contribution is -0.123. The summed E-state index contributed by atoms with van der Waals surface area (Å²) in [5.41, 5.74) is 0.722. The lowest BCUT2D eigenvalue weighted by atomic mass is 9.94. The van der Waals surface area contributed by atoms with Gasteiger partial charge in [0.15, 0.2) is 6.10 Å². The fourth-order valence-corrected chi connectivity index (χ4v) is 4.41. The first-order valence-corrected chi connectivity index (χ1v) is 12.1. The van der Waals surface area contributed by atoms with Crippen molar-refractivity contribution in [1.82, 2.24) is 4.90 Å². The van der Waals surface area contributed by atoms with Crippen molar-refractivity contribution < 1.29 is 27.9 Å². The number of alkyl halides is 2. The Bertz CT molecular complexity index is 1010. The minimum Gasteiger partial charge on any atom is -0.449 e. The number of ether oxygens (including phenoxy) is 1. The van der Waals surface area contributed by atoms with Crippen molar-refractivity contribution in [1.29, 1.82) is 0 Å². The van der Waals surface area contributed by atoms with E-state index in [-0.39, 0.29) is 23.1 Å². The fraction of sp³-hybridized carbons (Fsp3) is 0.400. The lowest BCUT2D eigenvalue weighted by Gasteiger charge is -2.31. The van der Waals surface area contributed by atoms with Gasteiger partial charge in [-0.05, 0) is 56.2 Å². The van der Waals surface area contributed by atoms with Gasteiger partial charge in [-0.1, -0.05) is 43.2 Å². The van der Waals surface area contributed by atoms with Gasteiger partial charge in [0.1, 0.15) is 0 Å². The Balaban J connectivity index is 1.63. The number of thioether (sulfide) groups is 1. The number of hydrogen-bond donors (Lipinski definition) is 1. The molecule has 1 atom stereocenters. The van der Waals surface area contributed by atoms with Gasteiger partial charge in [0, 0.05) is 23.7 Å². The third-order valence-electron chi connectivity index (χ3n) is 5.82. The quantitative estimate of drug-likeness (QED) is 0.386. The lowest BCUT2D eigenvalue weighted by Crippen LogP contribution is -2.39. The molecule has 2 aromatic rings. The minimum atomic E-state index is -2.53. The van der Waals surface area contributed by atoms with E-state index >= 15 is 0 Å². The van der Waals surface area contributed by atoms with Crippen LogP contribution in [0.1, 0.15) is 59.7 Å². The Hall–Kier alpha value is -2.94. The van der Waals surface area contributed by atoms with Crippen molar-refractivity contribution in [2.24, 2.45) is 0 Å². The van der Waals surface area contributed by atoms with E-state index in [1.165, 1.54) is 43.7 Å². The van der Waals surface area contributed by atoms with Gasteiger partial charge in [0.25, 0.3) is 17.6 Å². The summed E-state index contributed by atoms with van der Waals surface area (Å²) in [6.07, 6.45) is 4.06. The van der Waals surface area contributed by atoms with Gasteiger partial charge in [0.2, 0.25) is 0 Å². The number of hydrogen-bond acceptors (Lipinski definition) is 5. The molecular formula is C25H28F2N2O4S. The summed E-state index contributed by atoms with van der Waals surface area (Å²) in [5, 5.41) is 2.59. The minimum absolute atomic E-state index is 0.100. The molecule has 1 unspecified atom stereocenters. The topological polar surface area (TPSA) is 75.7 Å². The number of nitrogens with zero attached hydrogens (tertiary/aromatic N) is 1. The molecule has 2 amide bonds. The molecule has 0 spiro atoms. The third kappa shape index (κ3) is 6.79. The molecule has 1 aliphatic carbocycles. The highest BCUT2D eigenvalue weighted by Gasteiger charge is 2.28. The fourth-order valence-electron chi connectivity index (χ4n) is 3.91. The van der Waals surface area contributed by atoms with Crippen LogP contribution in [-0.4, -0.2) is 47.6 Å². The van der Waals surface area contributed by atoms with E-state index in [1.54, 1.807) is 30.1 Å². The molecule has 3 rings (SSSR count). The van der Waals surface area contributed by atoms with Crippen LogP contribution in [0.4, 0.5) is 14.5 Å². The molecule has 0 heterocycles. The van der Waals surface area contributed by atoms with E-state index in [9.17, 15) is 23.2 Å². The average molecular weight is 491 g/mol. The smallest absolute Gasteiger partial charge is 0.339 e. The van der Waals surface area contributed by atoms with Crippen molar-refractivity contribution in [2.75, 3.05) is 12.4 Å². The standard InChI is InChI=1S/C25H28F2N2O4S/c1-16(22(30)28-17-12-14-19(15-13-17)34-25(26)27)33-24(32)21-11-7-6-10-20(21)23(31)29(2)18-8-4-3-5-9-18/h6-7,10-16,18,25H,3-5,8-9H2,1-2H3,(H,28,30). The van der Waals surface area contributed by atoms with Crippen LogP contribution in [0, 0.1) is 0 Å². The summed E-state index contributed by atoms with van der Waals surface area (Å²) in [6, 6.07) is 12.5. The van der Waals surface area contributed by atoms with E-state index in [4.69, 9.17) is 4.74 Å². The Kier molecular flexibility index (Phi) is 9.04. The van der Waals surface area contributed by atoms with E-state index in [0.717, 1.165) is 25.7 Å². The Morgan fingerprint density at radius 2 is 1.62 bits per heavy atom. The molecule has 182 valence electrons. The molecule has 2 aromatic carbocycles. The first kappa shape index (κ1) is 25.7. The number of carbonyl (C=O) groups excluding carboxylic acids is 3. The third-order valence-corrected chi connectivity index (χ3v) is 6.54. The average Bonchev–Trinajstić information content (AvgIpc) is 2.84. The zero-order valence-corrected chi connectivity index (χ0v) is 19.9. The van der Waals surface area contributed by atoms with Crippen LogP contribution in [0.5, 0.6) is 0 Å². The zero-order valence-electron chi connectivity index (χ0n) is 19.1. The van der Waals surface area contributed by atoms with Crippen molar-refractivity contribution in [3.8, 4) is 0 Å². The molecule has 1 saturated carbocycles. The van der Waals surface area contributed by atoms with Crippen LogP contribution in [0.15, 0.2) is 53.4 Å². The highest BCUT2D eigenvalue weighted by molar-refractivity contribution is 7.99. The molecule has 0 saturated heterocycles. The molecule has 9 heteroatoms. The molecule has 1 fully saturated rings. The number of carbonyl (C=O) groups is 3. The largest absolute Gasteiger partial charge is 0.449 e. The van der Waals surface area contributed by atoms with Gasteiger partial charge in [-0.2, -0.15) is 8.78 Å². The van der Waals surface area contributed by atoms with Gasteiger partial charge < -0.3 is 15.0 Å². The number of esters is 1. The van der Waals surface area contributed by atoms with Crippen molar-refractivity contribution >= 4 is 35.2 Å². The van der Waals surface area contributed by atoms with Crippen LogP contribution < -0.4 is 5.32 Å². The van der Waals surface area contributed by atoms with Crippen molar-refractivity contribution in [3.05, 3.63) is 59.7 Å². The SMILES string of the molecule is CC(OC(=O)c1ccccc1C(=O)N(C)C1CCCCC1)C(=O)Nc1ccc(SC(F)F)cc1. The first-order chi connectivity index (χ1) is 16.3. The second-order valence-corrected chi connectivity index (χ2v) is 9.26. The molecule has 1 N–H and O–H groups in total. The van der Waals surface area contributed by atoms with E-state index in [1.807, 2.05) is 0 Å². The van der Waals surface area contributed by atoms with Crippen LogP contribution in [-0.2, 0) is 9.53 Å². The number of nitrogens with one attached hydrogen (secondary N) is 1. The van der Waals surface area contributed by atoms with Gasteiger partial charge in [-0.25, -0.2) is 4.79 Å². The second-order valence-electron chi connectivity index (χ2n) is 8.19. The molecule has 6 nitrogen and oxygen atoms in total. The number of amides is 2. The Morgan fingerprint density at radius 1 is 1.00 bits per heavy atom.